The van der Waals surface area contributed by atoms with Crippen LogP contribution in [0.2, 0.25) is 0 Å². The number of nitrogens with two attached hydrogens (primary N) is 1. The number of methoxy groups -OCH3 is 1. The van der Waals surface area contributed by atoms with Crippen LogP contribution in [-0.4, -0.2) is 24.7 Å². The number of primary amides is 1. The second-order valence-corrected chi connectivity index (χ2v) is 1.40. The first-order valence-corrected chi connectivity index (χ1v) is 2.35. The fourth-order valence-electron chi connectivity index (χ4n) is 0.316. The maximum atomic E-state index is 10.2. The smallest absolute Gasteiger partial charge is 0.250 e. The van der Waals surface area contributed by atoms with Crippen LogP contribution < -0.4 is 5.73 Å². The lowest BCUT2D eigenvalue weighted by atomic mass is 10.3. The molecule has 0 fully saturated rings. The third-order valence-electron chi connectivity index (χ3n) is 0.747. The predicted molar refractivity (Wildman–Crippen MR) is 31.4 cm³/mol. The molecule has 3 N–H and O–H groups in total. The van der Waals surface area contributed by atoms with Crippen molar-refractivity contribution in [2.75, 3.05) is 13.7 Å². The molecule has 0 rings (SSSR count). The minimum Gasteiger partial charge on any atom is -0.504 e. The van der Waals surface area contributed by atoms with Crippen molar-refractivity contribution < 1.29 is 14.6 Å². The van der Waals surface area contributed by atoms with Crippen LogP contribution in [0.1, 0.15) is 0 Å². The van der Waals surface area contributed by atoms with E-state index >= 15 is 0 Å². The molecule has 0 aromatic carbocycles. The monoisotopic (exact) mass is 131 g/mol. The first-order chi connectivity index (χ1) is 4.22. The molecule has 9 heavy (non-hydrogen) atoms. The molecule has 0 saturated carbocycles. The van der Waals surface area contributed by atoms with Crippen LogP contribution in [0.15, 0.2) is 11.8 Å². The highest BCUT2D eigenvalue weighted by Gasteiger charge is 2.00. The van der Waals surface area contributed by atoms with E-state index in [1.54, 1.807) is 0 Å². The molecule has 0 saturated heterocycles. The van der Waals surface area contributed by atoms with Crippen molar-refractivity contribution in [1.29, 1.82) is 0 Å². The average molecular weight is 131 g/mol. The summed E-state index contributed by atoms with van der Waals surface area (Å²) in [6.07, 6.45) is 1.11. The third kappa shape index (κ3) is 2.71. The van der Waals surface area contributed by atoms with Crippen LogP contribution in [0.5, 0.6) is 0 Å². The minimum atomic E-state index is -0.667. The molecular weight excluding hydrogens is 122 g/mol. The van der Waals surface area contributed by atoms with Crippen molar-refractivity contribution in [2.45, 2.75) is 0 Å². The summed E-state index contributed by atoms with van der Waals surface area (Å²) in [6, 6.07) is 0. The number of carbonyl (C=O) groups excluding carboxylic acids is 1. The first-order valence-electron chi connectivity index (χ1n) is 2.35. The van der Waals surface area contributed by atoms with Crippen molar-refractivity contribution in [3.05, 3.63) is 11.8 Å². The van der Waals surface area contributed by atoms with Crippen LogP contribution in [0.4, 0.5) is 0 Å². The zero-order valence-corrected chi connectivity index (χ0v) is 5.13. The molecule has 0 spiro atoms. The SMILES string of the molecule is COC=C(CO)C(N)=O. The van der Waals surface area contributed by atoms with E-state index in [2.05, 4.69) is 4.74 Å². The highest BCUT2D eigenvalue weighted by molar-refractivity contribution is 5.91. The van der Waals surface area contributed by atoms with E-state index in [4.69, 9.17) is 10.8 Å². The van der Waals surface area contributed by atoms with Gasteiger partial charge in [-0.05, 0) is 0 Å². The maximum absolute atomic E-state index is 10.2. The quantitative estimate of drug-likeness (QED) is 0.381. The Bertz CT molecular complexity index is 130. The van der Waals surface area contributed by atoms with Crippen molar-refractivity contribution >= 4 is 5.91 Å². The molecule has 0 bridgehead atoms. The van der Waals surface area contributed by atoms with Crippen LogP contribution >= 0.6 is 0 Å². The molecule has 0 aromatic heterocycles. The van der Waals surface area contributed by atoms with E-state index in [0.29, 0.717) is 0 Å². The molecule has 0 aliphatic carbocycles. The predicted octanol–water partition coefficient (Wildman–Crippen LogP) is -1.01. The van der Waals surface area contributed by atoms with Gasteiger partial charge >= 0.3 is 0 Å². The Labute approximate surface area is 52.9 Å². The largest absolute Gasteiger partial charge is 0.504 e. The van der Waals surface area contributed by atoms with Crippen LogP contribution in [-0.2, 0) is 9.53 Å². The summed E-state index contributed by atoms with van der Waals surface area (Å²) >= 11 is 0. The summed E-state index contributed by atoms with van der Waals surface area (Å²) < 4.78 is 4.43. The Morgan fingerprint density at radius 3 is 2.56 bits per heavy atom. The molecule has 0 radical (unpaired) electrons. The van der Waals surface area contributed by atoms with E-state index in [-0.39, 0.29) is 12.2 Å². The molecule has 0 aliphatic rings. The molecule has 4 nitrogen and oxygen atoms in total. The second kappa shape index (κ2) is 3.91. The fraction of sp³-hybridized carbons (Fsp3) is 0.400. The first kappa shape index (κ1) is 7.97. The molecule has 0 heterocycles. The maximum Gasteiger partial charge on any atom is 0.250 e. The summed E-state index contributed by atoms with van der Waals surface area (Å²) in [5.74, 6) is -0.667. The van der Waals surface area contributed by atoms with Crippen molar-refractivity contribution in [3.8, 4) is 0 Å². The van der Waals surface area contributed by atoms with Gasteiger partial charge in [0.25, 0.3) is 0 Å². The number of hydrogen-bond donors (Lipinski definition) is 2. The molecule has 0 unspecified atom stereocenters. The number of aliphatic hydroxyl groups is 1. The topological polar surface area (TPSA) is 72.6 Å². The zero-order valence-electron chi connectivity index (χ0n) is 5.13. The second-order valence-electron chi connectivity index (χ2n) is 1.40. The van der Waals surface area contributed by atoms with E-state index in [0.717, 1.165) is 6.26 Å². The summed E-state index contributed by atoms with van der Waals surface area (Å²) in [6.45, 7) is -0.386. The summed E-state index contributed by atoms with van der Waals surface area (Å²) in [5, 5.41) is 8.38. The number of aliphatic hydroxyl groups excluding tert-OH is 1. The fourth-order valence-corrected chi connectivity index (χ4v) is 0.316. The Kier molecular flexibility index (Phi) is 3.46. The Morgan fingerprint density at radius 2 is 2.44 bits per heavy atom. The van der Waals surface area contributed by atoms with Gasteiger partial charge in [0, 0.05) is 0 Å². The van der Waals surface area contributed by atoms with Crippen molar-refractivity contribution in [2.24, 2.45) is 5.73 Å². The Balaban J connectivity index is 3.98. The molecule has 1 amide bonds. The van der Waals surface area contributed by atoms with Gasteiger partial charge in [-0.3, -0.25) is 4.79 Å². The van der Waals surface area contributed by atoms with E-state index in [1.807, 2.05) is 0 Å². The molecular formula is C5H9NO3. The number of ether oxygens (including phenoxy) is 1. The van der Waals surface area contributed by atoms with Gasteiger partial charge in [-0.1, -0.05) is 0 Å². The lowest BCUT2D eigenvalue weighted by Gasteiger charge is -1.95. The summed E-state index contributed by atoms with van der Waals surface area (Å²) in [4.78, 5) is 10.2. The molecule has 0 aliphatic heterocycles. The lowest BCUT2D eigenvalue weighted by Crippen LogP contribution is -2.16. The van der Waals surface area contributed by atoms with Gasteiger partial charge in [-0.15, -0.1) is 0 Å². The number of rotatable bonds is 3. The number of hydrogen-bond acceptors (Lipinski definition) is 3. The van der Waals surface area contributed by atoms with Crippen LogP contribution in [0, 0.1) is 0 Å². The van der Waals surface area contributed by atoms with Crippen LogP contribution in [0.25, 0.3) is 0 Å². The molecule has 0 atom stereocenters. The molecule has 4 heteroatoms. The zero-order chi connectivity index (χ0) is 7.28. The third-order valence-corrected chi connectivity index (χ3v) is 0.747. The van der Waals surface area contributed by atoms with Gasteiger partial charge < -0.3 is 15.6 Å². The van der Waals surface area contributed by atoms with E-state index in [1.165, 1.54) is 7.11 Å². The Morgan fingerprint density at radius 1 is 1.89 bits per heavy atom. The van der Waals surface area contributed by atoms with Gasteiger partial charge in [0.15, 0.2) is 0 Å². The van der Waals surface area contributed by atoms with Crippen LogP contribution in [0.3, 0.4) is 0 Å². The summed E-state index contributed by atoms with van der Waals surface area (Å²) in [5.41, 5.74) is 4.85. The van der Waals surface area contributed by atoms with E-state index in [9.17, 15) is 4.79 Å². The normalized spacial score (nSPS) is 11.1. The van der Waals surface area contributed by atoms with Crippen molar-refractivity contribution in [1.82, 2.24) is 0 Å². The number of carbonyl (C=O) groups is 1. The Hall–Kier alpha value is -1.03. The van der Waals surface area contributed by atoms with E-state index < -0.39 is 5.91 Å². The minimum absolute atomic E-state index is 0.0671. The average Bonchev–Trinajstić information content (AvgIpc) is 1.82. The van der Waals surface area contributed by atoms with Crippen molar-refractivity contribution in [3.63, 3.8) is 0 Å². The van der Waals surface area contributed by atoms with Gasteiger partial charge in [0.05, 0.1) is 25.6 Å². The number of amides is 1. The highest BCUT2D eigenvalue weighted by atomic mass is 16.5. The standard InChI is InChI=1S/C5H9NO3/c1-9-3-4(2-7)5(6)8/h3,7H,2H2,1H3,(H2,6,8). The van der Waals surface area contributed by atoms with Gasteiger partial charge in [0.2, 0.25) is 5.91 Å². The summed E-state index contributed by atoms with van der Waals surface area (Å²) in [7, 11) is 1.37. The van der Waals surface area contributed by atoms with Gasteiger partial charge in [-0.25, -0.2) is 0 Å². The molecule has 52 valence electrons. The lowest BCUT2D eigenvalue weighted by molar-refractivity contribution is -0.115. The van der Waals surface area contributed by atoms with Gasteiger partial charge in [-0.2, -0.15) is 0 Å². The van der Waals surface area contributed by atoms with Gasteiger partial charge in [0.1, 0.15) is 0 Å². The molecule has 0 aromatic rings. The highest BCUT2D eigenvalue weighted by Crippen LogP contribution is 1.89.